The van der Waals surface area contributed by atoms with Gasteiger partial charge in [0, 0.05) is 12.1 Å². The third kappa shape index (κ3) is 7.03. The summed E-state index contributed by atoms with van der Waals surface area (Å²) < 4.78 is 62.2. The molecule has 3 N–H and O–H groups in total. The van der Waals surface area contributed by atoms with Crippen LogP contribution in [0.25, 0.3) is 10.2 Å². The molecule has 1 aromatic heterocycles. The highest BCUT2D eigenvalue weighted by molar-refractivity contribution is 7.91. The number of hydrogen-bond acceptors (Lipinski definition) is 9. The average molecular weight is 730 g/mol. The van der Waals surface area contributed by atoms with Crippen LogP contribution < -0.4 is 20.1 Å². The first-order valence-electron chi connectivity index (χ1n) is 17.3. The first-order chi connectivity index (χ1) is 23.9. The summed E-state index contributed by atoms with van der Waals surface area (Å²) in [6.07, 6.45) is 5.88. The molecule has 2 aromatic carbocycles. The zero-order valence-corrected chi connectivity index (χ0v) is 29.4. The molecule has 0 spiro atoms. The fourth-order valence-corrected chi connectivity index (χ4v) is 9.42. The summed E-state index contributed by atoms with van der Waals surface area (Å²) in [6.45, 7) is 1.62. The highest BCUT2D eigenvalue weighted by Gasteiger charge is 2.63. The van der Waals surface area contributed by atoms with Crippen molar-refractivity contribution in [3.05, 3.63) is 54.1 Å². The monoisotopic (exact) mass is 729 g/mol. The van der Waals surface area contributed by atoms with Crippen LogP contribution >= 0.6 is 11.3 Å². The molecule has 2 saturated carbocycles. The molecule has 15 heteroatoms. The summed E-state index contributed by atoms with van der Waals surface area (Å²) in [5.74, 6) is -2.82. The fourth-order valence-electron chi connectivity index (χ4n) is 7.20. The lowest BCUT2D eigenvalue weighted by Crippen LogP contribution is -2.58. The van der Waals surface area contributed by atoms with Crippen molar-refractivity contribution in [1.82, 2.24) is 19.9 Å². The van der Waals surface area contributed by atoms with Gasteiger partial charge in [-0.25, -0.2) is 22.2 Å². The predicted molar refractivity (Wildman–Crippen MR) is 184 cm³/mol. The number of nitrogens with zero attached hydrogens (tertiary/aromatic N) is 2. The molecule has 50 heavy (non-hydrogen) atoms. The minimum atomic E-state index is -3.95. The fraction of sp³-hybridized carbons (Fsp3) is 0.543. The Hall–Kier alpha value is -3.85. The largest absolute Gasteiger partial charge is 0.465 e. The van der Waals surface area contributed by atoms with Crippen molar-refractivity contribution in [3.8, 4) is 5.19 Å². The lowest BCUT2D eigenvalue weighted by molar-refractivity contribution is -0.140. The van der Waals surface area contributed by atoms with Crippen LogP contribution in [0.3, 0.4) is 0 Å². The number of thiazole rings is 1. The van der Waals surface area contributed by atoms with Gasteiger partial charge >= 0.3 is 0 Å². The van der Waals surface area contributed by atoms with Crippen LogP contribution in [-0.4, -0.2) is 71.0 Å². The Morgan fingerprint density at radius 1 is 1.04 bits per heavy atom. The van der Waals surface area contributed by atoms with E-state index in [9.17, 15) is 31.6 Å². The van der Waals surface area contributed by atoms with Crippen LogP contribution in [0, 0.1) is 17.6 Å². The second-order valence-corrected chi connectivity index (χ2v) is 17.6. The van der Waals surface area contributed by atoms with Gasteiger partial charge in [-0.15, -0.1) is 0 Å². The number of aromatic nitrogens is 1. The van der Waals surface area contributed by atoms with Crippen LogP contribution in [0.4, 0.5) is 14.5 Å². The van der Waals surface area contributed by atoms with Gasteiger partial charge in [0.2, 0.25) is 21.8 Å². The molecule has 2 aliphatic heterocycles. The number of hydrogen-bond donors (Lipinski definition) is 3. The second kappa shape index (κ2) is 13.4. The smallest absolute Gasteiger partial charge is 0.274 e. The van der Waals surface area contributed by atoms with E-state index >= 15 is 0 Å². The van der Waals surface area contributed by atoms with Crippen molar-refractivity contribution in [3.63, 3.8) is 0 Å². The molecule has 3 amide bonds. The van der Waals surface area contributed by atoms with Gasteiger partial charge in [0.05, 0.1) is 21.5 Å². The molecule has 268 valence electrons. The Bertz CT molecular complexity index is 1920. The van der Waals surface area contributed by atoms with Gasteiger partial charge in [-0.1, -0.05) is 49.5 Å². The van der Waals surface area contributed by atoms with E-state index in [1.54, 1.807) is 25.1 Å². The standard InChI is InChI=1S/C35H41F2N5O6S2/c1-34(14-15-34)50(46,47)41-32(45)35-19-21(35)8-5-3-2-4-6-11-27(38-24-10-7-9-22(36)16-24)31(44)42-20-25(18-28(42)30(43)40-35)48-33-39-26-13-12-23(37)17-29(26)49-33/h7,9-10,12-13,16-17,21,25,27-28,38H,2-6,8,11,14-15,18-20H2,1H3,(H,40,43)(H,41,45)/t21-,25-,27+,28+,35-/m1/s1. The SMILES string of the molecule is CC1(S(=O)(=O)NC(=O)[C@@]23C[C@H]2CCCCCCC[C@H](Nc2cccc(F)c2)C(=O)N2C[C@H](Oc4nc5ccc(F)cc5s4)C[C@H]2C(=O)N3)CC1. The Morgan fingerprint density at radius 2 is 1.78 bits per heavy atom. The summed E-state index contributed by atoms with van der Waals surface area (Å²) >= 11 is 1.15. The maximum Gasteiger partial charge on any atom is 0.274 e. The summed E-state index contributed by atoms with van der Waals surface area (Å²) in [4.78, 5) is 48.3. The lowest BCUT2D eigenvalue weighted by Gasteiger charge is -2.30. The van der Waals surface area contributed by atoms with E-state index in [0.717, 1.165) is 43.4 Å². The number of benzene rings is 2. The average Bonchev–Trinajstić information content (AvgIpc) is 3.88. The number of carbonyl (C=O) groups excluding carboxylic acids is 3. The molecule has 3 aromatic rings. The number of carbonyl (C=O) groups is 3. The Kier molecular flexibility index (Phi) is 9.25. The molecular formula is C35H41F2N5O6S2. The molecule has 0 radical (unpaired) electrons. The summed E-state index contributed by atoms with van der Waals surface area (Å²) in [5.41, 5.74) is -0.437. The topological polar surface area (TPSA) is 147 Å². The van der Waals surface area contributed by atoms with Crippen molar-refractivity contribution < 1.29 is 36.3 Å². The zero-order chi connectivity index (χ0) is 35.3. The quantitative estimate of drug-likeness (QED) is 0.308. The number of anilines is 1. The Labute approximate surface area is 293 Å². The maximum absolute atomic E-state index is 14.4. The van der Waals surface area contributed by atoms with Crippen molar-refractivity contribution in [2.75, 3.05) is 11.9 Å². The minimum Gasteiger partial charge on any atom is -0.465 e. The van der Waals surface area contributed by atoms with E-state index in [2.05, 4.69) is 20.3 Å². The van der Waals surface area contributed by atoms with Gasteiger partial charge in [0.25, 0.3) is 11.1 Å². The molecule has 0 bridgehead atoms. The van der Waals surface area contributed by atoms with E-state index in [-0.39, 0.29) is 30.0 Å². The van der Waals surface area contributed by atoms with Gasteiger partial charge in [-0.2, -0.15) is 0 Å². The first kappa shape index (κ1) is 34.6. The molecule has 2 aliphatic carbocycles. The van der Waals surface area contributed by atoms with Gasteiger partial charge in [-0.3, -0.25) is 19.1 Å². The van der Waals surface area contributed by atoms with Crippen LogP contribution in [0.1, 0.15) is 77.6 Å². The summed E-state index contributed by atoms with van der Waals surface area (Å²) in [7, 11) is -3.95. The normalized spacial score (nSPS) is 28.4. The van der Waals surface area contributed by atoms with E-state index < -0.39 is 61.9 Å². The Balaban J connectivity index is 1.18. The van der Waals surface area contributed by atoms with Crippen LogP contribution in [0.15, 0.2) is 42.5 Å². The number of amides is 3. The van der Waals surface area contributed by atoms with E-state index in [0.29, 0.717) is 48.0 Å². The van der Waals surface area contributed by atoms with Crippen LogP contribution in [0.5, 0.6) is 5.19 Å². The minimum absolute atomic E-state index is 0.0257. The van der Waals surface area contributed by atoms with Crippen molar-refractivity contribution in [2.24, 2.45) is 5.92 Å². The lowest BCUT2D eigenvalue weighted by atomic mass is 10.0. The number of nitrogens with one attached hydrogen (secondary N) is 3. The molecule has 7 rings (SSSR count). The third-order valence-corrected chi connectivity index (χ3v) is 13.7. The number of halogens is 2. The highest BCUT2D eigenvalue weighted by Crippen LogP contribution is 2.49. The molecular weight excluding hydrogens is 689 g/mol. The van der Waals surface area contributed by atoms with E-state index in [1.165, 1.54) is 29.2 Å². The highest BCUT2D eigenvalue weighted by atomic mass is 32.2. The summed E-state index contributed by atoms with van der Waals surface area (Å²) in [6, 6.07) is 8.23. The zero-order valence-electron chi connectivity index (χ0n) is 27.8. The number of ether oxygens (including phenoxy) is 1. The number of rotatable bonds is 7. The predicted octanol–water partition coefficient (Wildman–Crippen LogP) is 5.02. The van der Waals surface area contributed by atoms with Gasteiger partial charge in [0.15, 0.2) is 0 Å². The Morgan fingerprint density at radius 3 is 2.54 bits per heavy atom. The van der Waals surface area contributed by atoms with Crippen LogP contribution in [-0.2, 0) is 24.4 Å². The van der Waals surface area contributed by atoms with Crippen molar-refractivity contribution in [1.29, 1.82) is 0 Å². The third-order valence-electron chi connectivity index (χ3n) is 10.6. The van der Waals surface area contributed by atoms with Gasteiger partial charge in [0.1, 0.15) is 35.4 Å². The first-order valence-corrected chi connectivity index (χ1v) is 19.6. The molecule has 5 atom stereocenters. The van der Waals surface area contributed by atoms with Gasteiger partial charge < -0.3 is 20.3 Å². The maximum atomic E-state index is 14.4. The van der Waals surface area contributed by atoms with Gasteiger partial charge in [-0.05, 0) is 81.3 Å². The molecule has 4 aliphatic rings. The molecule has 11 nitrogen and oxygen atoms in total. The molecule has 3 heterocycles. The number of sulfonamides is 1. The molecule has 0 unspecified atom stereocenters. The molecule has 2 saturated heterocycles. The van der Waals surface area contributed by atoms with Crippen LogP contribution in [0.2, 0.25) is 0 Å². The number of fused-ring (bicyclic) bond motifs is 3. The van der Waals surface area contributed by atoms with Crippen molar-refractivity contribution in [2.45, 2.75) is 106 Å². The van der Waals surface area contributed by atoms with E-state index in [1.807, 2.05) is 0 Å². The van der Waals surface area contributed by atoms with E-state index in [4.69, 9.17) is 4.74 Å². The van der Waals surface area contributed by atoms with Crippen molar-refractivity contribution >= 4 is 55.0 Å². The second-order valence-electron chi connectivity index (χ2n) is 14.4. The molecule has 4 fully saturated rings. The summed E-state index contributed by atoms with van der Waals surface area (Å²) in [5, 5.41) is 6.37.